The number of aromatic nitrogens is 2. The normalized spacial score (nSPS) is 10.7. The molecule has 1 aromatic carbocycles. The molecule has 0 saturated heterocycles. The predicted molar refractivity (Wildman–Crippen MR) is 85.7 cm³/mol. The molecule has 0 saturated carbocycles. The number of rotatable bonds is 4. The van der Waals surface area contributed by atoms with Gasteiger partial charge in [0.2, 0.25) is 0 Å². The van der Waals surface area contributed by atoms with Gasteiger partial charge in [-0.15, -0.1) is 0 Å². The molecule has 2 aromatic heterocycles. The van der Waals surface area contributed by atoms with E-state index in [0.717, 1.165) is 23.0 Å². The van der Waals surface area contributed by atoms with E-state index in [1.165, 1.54) is 0 Å². The minimum Gasteiger partial charge on any atom is -1.00 e. The number of aromatic amines is 1. The Morgan fingerprint density at radius 1 is 1.30 bits per heavy atom. The summed E-state index contributed by atoms with van der Waals surface area (Å²) >= 11 is 0. The van der Waals surface area contributed by atoms with E-state index in [2.05, 4.69) is 15.5 Å². The van der Waals surface area contributed by atoms with E-state index >= 15 is 0 Å². The van der Waals surface area contributed by atoms with Crippen LogP contribution in [0.15, 0.2) is 60.1 Å². The van der Waals surface area contributed by atoms with Crippen LogP contribution in [0.25, 0.3) is 10.9 Å². The number of H-pyrrole nitrogens is 1. The van der Waals surface area contributed by atoms with Crippen molar-refractivity contribution in [1.82, 2.24) is 10.4 Å². The standard InChI is InChI=1S/C17H16N4O.HI/c1-2-21-9-5-6-13(12-21)17(22)20-19-11-14-10-18-16-8-4-3-7-15(14)16;/h3-12H,2H2,1H3,(H-,18,19,20,22);1H. The summed E-state index contributed by atoms with van der Waals surface area (Å²) in [4.78, 5) is 15.2. The smallest absolute Gasteiger partial charge is 0.277 e. The number of hydrazone groups is 1. The number of hydrogen-bond donors (Lipinski definition) is 2. The average molecular weight is 420 g/mol. The molecule has 5 nitrogen and oxygen atoms in total. The lowest BCUT2D eigenvalue weighted by molar-refractivity contribution is -0.693. The maximum Gasteiger partial charge on any atom is 0.277 e. The highest BCUT2D eigenvalue weighted by atomic mass is 127. The highest BCUT2D eigenvalue weighted by molar-refractivity contribution is 6.00. The van der Waals surface area contributed by atoms with E-state index < -0.39 is 0 Å². The quantitative estimate of drug-likeness (QED) is 0.248. The highest BCUT2D eigenvalue weighted by Gasteiger charge is 2.08. The van der Waals surface area contributed by atoms with Crippen LogP contribution in [0.3, 0.4) is 0 Å². The van der Waals surface area contributed by atoms with Crippen LogP contribution >= 0.6 is 0 Å². The molecule has 2 heterocycles. The third kappa shape index (κ3) is 3.95. The van der Waals surface area contributed by atoms with Crippen molar-refractivity contribution in [2.45, 2.75) is 13.5 Å². The predicted octanol–water partition coefficient (Wildman–Crippen LogP) is -0.757. The summed E-state index contributed by atoms with van der Waals surface area (Å²) < 4.78 is 1.94. The van der Waals surface area contributed by atoms with Gasteiger partial charge in [0.15, 0.2) is 12.4 Å². The first-order valence-electron chi connectivity index (χ1n) is 7.16. The number of pyridine rings is 1. The second kappa shape index (κ2) is 7.87. The Hall–Kier alpha value is -2.22. The highest BCUT2D eigenvalue weighted by Crippen LogP contribution is 2.15. The van der Waals surface area contributed by atoms with Gasteiger partial charge in [0.25, 0.3) is 5.91 Å². The van der Waals surface area contributed by atoms with Crippen LogP contribution in [0.1, 0.15) is 22.8 Å². The van der Waals surface area contributed by atoms with Gasteiger partial charge < -0.3 is 29.0 Å². The van der Waals surface area contributed by atoms with Gasteiger partial charge in [-0.25, -0.2) is 9.99 Å². The maximum absolute atomic E-state index is 12.1. The fourth-order valence-electron chi connectivity index (χ4n) is 2.28. The fourth-order valence-corrected chi connectivity index (χ4v) is 2.28. The van der Waals surface area contributed by atoms with Gasteiger partial charge in [0.05, 0.1) is 6.21 Å². The first kappa shape index (κ1) is 17.1. The zero-order valence-corrected chi connectivity index (χ0v) is 14.8. The van der Waals surface area contributed by atoms with Gasteiger partial charge in [0.1, 0.15) is 12.1 Å². The Kier molecular flexibility index (Phi) is 5.86. The van der Waals surface area contributed by atoms with Gasteiger partial charge >= 0.3 is 0 Å². The molecule has 0 unspecified atom stereocenters. The molecule has 0 radical (unpaired) electrons. The van der Waals surface area contributed by atoms with Crippen molar-refractivity contribution in [3.8, 4) is 0 Å². The first-order chi connectivity index (χ1) is 10.8. The second-order valence-corrected chi connectivity index (χ2v) is 4.91. The average Bonchev–Trinajstić information content (AvgIpc) is 2.98. The van der Waals surface area contributed by atoms with E-state index in [0.29, 0.717) is 5.56 Å². The lowest BCUT2D eigenvalue weighted by Gasteiger charge is -1.98. The molecule has 6 heteroatoms. The Labute approximate surface area is 151 Å². The number of halogens is 1. The van der Waals surface area contributed by atoms with Crippen molar-refractivity contribution in [3.63, 3.8) is 0 Å². The van der Waals surface area contributed by atoms with E-state index in [9.17, 15) is 4.79 Å². The summed E-state index contributed by atoms with van der Waals surface area (Å²) in [5.41, 5.74) is 5.12. The minimum absolute atomic E-state index is 0. The molecular formula is C17H17IN4O. The minimum atomic E-state index is -0.223. The van der Waals surface area contributed by atoms with Crippen LogP contribution in [0.2, 0.25) is 0 Å². The Morgan fingerprint density at radius 2 is 2.13 bits per heavy atom. The zero-order valence-electron chi connectivity index (χ0n) is 12.7. The van der Waals surface area contributed by atoms with Crippen LogP contribution in [0, 0.1) is 0 Å². The number of carbonyl (C=O) groups is 1. The van der Waals surface area contributed by atoms with Crippen molar-refractivity contribution in [2.24, 2.45) is 5.10 Å². The molecule has 0 fully saturated rings. The van der Waals surface area contributed by atoms with E-state index in [-0.39, 0.29) is 29.9 Å². The van der Waals surface area contributed by atoms with E-state index in [4.69, 9.17) is 0 Å². The van der Waals surface area contributed by atoms with Crippen molar-refractivity contribution >= 4 is 23.0 Å². The molecule has 3 aromatic rings. The van der Waals surface area contributed by atoms with E-state index in [1.54, 1.807) is 18.5 Å². The molecule has 2 N–H and O–H groups in total. The van der Waals surface area contributed by atoms with Gasteiger partial charge in [0, 0.05) is 28.7 Å². The number of aryl methyl sites for hydroxylation is 1. The largest absolute Gasteiger partial charge is 1.00 e. The lowest BCUT2D eigenvalue weighted by Crippen LogP contribution is -3.00. The summed E-state index contributed by atoms with van der Waals surface area (Å²) in [6.07, 6.45) is 7.24. The molecule has 0 bridgehead atoms. The molecule has 0 aliphatic carbocycles. The van der Waals surface area contributed by atoms with Crippen LogP contribution < -0.4 is 34.0 Å². The maximum atomic E-state index is 12.1. The molecule has 0 spiro atoms. The number of nitrogens with one attached hydrogen (secondary N) is 2. The third-order valence-corrected chi connectivity index (χ3v) is 3.48. The summed E-state index contributed by atoms with van der Waals surface area (Å²) in [7, 11) is 0. The fraction of sp³-hybridized carbons (Fsp3) is 0.118. The van der Waals surface area contributed by atoms with Crippen molar-refractivity contribution in [2.75, 3.05) is 0 Å². The third-order valence-electron chi connectivity index (χ3n) is 3.48. The molecule has 3 rings (SSSR count). The summed E-state index contributed by atoms with van der Waals surface area (Å²) in [6.45, 7) is 2.84. The Morgan fingerprint density at radius 3 is 2.96 bits per heavy atom. The SMILES string of the molecule is CC[n+]1cccc(C(=O)N/N=C/c2c[nH]c3ccccc23)c1.[I-]. The second-order valence-electron chi connectivity index (χ2n) is 4.91. The van der Waals surface area contributed by atoms with Crippen molar-refractivity contribution in [3.05, 3.63) is 66.1 Å². The molecule has 1 amide bonds. The summed E-state index contributed by atoms with van der Waals surface area (Å²) in [5, 5.41) is 5.12. The molecule has 118 valence electrons. The number of hydrogen-bond acceptors (Lipinski definition) is 2. The monoisotopic (exact) mass is 420 g/mol. The molecular weight excluding hydrogens is 403 g/mol. The van der Waals surface area contributed by atoms with Gasteiger partial charge in [-0.2, -0.15) is 5.10 Å². The molecule has 0 atom stereocenters. The number of fused-ring (bicyclic) bond motifs is 1. The molecule has 23 heavy (non-hydrogen) atoms. The number of carbonyl (C=O) groups excluding carboxylic acids is 1. The van der Waals surface area contributed by atoms with Crippen LogP contribution in [-0.2, 0) is 6.54 Å². The van der Waals surface area contributed by atoms with Gasteiger partial charge in [-0.1, -0.05) is 18.2 Å². The van der Waals surface area contributed by atoms with E-state index in [1.807, 2.05) is 54.2 Å². The van der Waals surface area contributed by atoms with Gasteiger partial charge in [-0.3, -0.25) is 4.79 Å². The summed E-state index contributed by atoms with van der Waals surface area (Å²) in [5.74, 6) is -0.223. The van der Waals surface area contributed by atoms with Crippen molar-refractivity contribution < 1.29 is 33.3 Å². The number of para-hydroxylation sites is 1. The van der Waals surface area contributed by atoms with Gasteiger partial charge in [-0.05, 0) is 19.1 Å². The number of amides is 1. The van der Waals surface area contributed by atoms with Crippen LogP contribution in [0.5, 0.6) is 0 Å². The first-order valence-corrected chi connectivity index (χ1v) is 7.16. The van der Waals surface area contributed by atoms with Crippen molar-refractivity contribution in [1.29, 1.82) is 0 Å². The summed E-state index contributed by atoms with van der Waals surface area (Å²) in [6, 6.07) is 11.6. The zero-order chi connectivity index (χ0) is 15.4. The molecule has 0 aliphatic rings. The molecule has 0 aliphatic heterocycles. The topological polar surface area (TPSA) is 61.1 Å². The Balaban J connectivity index is 0.00000192. The lowest BCUT2D eigenvalue weighted by atomic mass is 10.2. The van der Waals surface area contributed by atoms with Crippen LogP contribution in [0.4, 0.5) is 0 Å². The number of benzene rings is 1. The van der Waals surface area contributed by atoms with Crippen LogP contribution in [-0.4, -0.2) is 17.1 Å². The Bertz CT molecular complexity index is 841. The number of nitrogens with zero attached hydrogens (tertiary/aromatic N) is 2.